The van der Waals surface area contributed by atoms with E-state index in [0.29, 0.717) is 42.0 Å². The van der Waals surface area contributed by atoms with E-state index in [1.54, 1.807) is 48.5 Å². The zero-order chi connectivity index (χ0) is 20.4. The zero-order valence-corrected chi connectivity index (χ0v) is 15.2. The number of primary amides is 1. The van der Waals surface area contributed by atoms with Gasteiger partial charge in [-0.05, 0) is 55.0 Å². The molecule has 0 aliphatic heterocycles. The number of carbonyl (C=O) groups excluding carboxylic acids is 4. The van der Waals surface area contributed by atoms with Crippen molar-refractivity contribution in [1.82, 2.24) is 0 Å². The third kappa shape index (κ3) is 6.63. The number of aliphatic imine (C=N–C) groups is 1. The number of rotatable bonds is 11. The van der Waals surface area contributed by atoms with E-state index in [2.05, 4.69) is 4.99 Å². The predicted octanol–water partition coefficient (Wildman–Crippen LogP) is 2.88. The van der Waals surface area contributed by atoms with Crippen LogP contribution in [0.5, 0.6) is 5.75 Å². The van der Waals surface area contributed by atoms with Crippen molar-refractivity contribution in [2.75, 3.05) is 6.61 Å². The summed E-state index contributed by atoms with van der Waals surface area (Å²) in [5, 5.41) is 0. The van der Waals surface area contributed by atoms with E-state index in [0.717, 1.165) is 0 Å². The molecule has 2 aromatic rings. The lowest BCUT2D eigenvalue weighted by molar-refractivity contribution is -0.123. The van der Waals surface area contributed by atoms with Crippen molar-refractivity contribution in [1.29, 1.82) is 0 Å². The standard InChI is InChI=1S/C21H20N2O5/c22-20(26)12-9-18(25)2-1-13-28-19-10-5-16(6-11-19)21(27)15-3-7-17(8-4-15)23-14-24/h3-8,10-11H,1-2,9,12-13H2,(H2,22,26). The maximum atomic E-state index is 12.5. The van der Waals surface area contributed by atoms with Gasteiger partial charge in [-0.15, -0.1) is 0 Å². The Balaban J connectivity index is 1.82. The van der Waals surface area contributed by atoms with Crippen molar-refractivity contribution < 1.29 is 23.9 Å². The second-order valence-corrected chi connectivity index (χ2v) is 6.06. The number of nitrogens with zero attached hydrogens (tertiary/aromatic N) is 1. The molecular formula is C21H20N2O5. The van der Waals surface area contributed by atoms with Gasteiger partial charge in [0.15, 0.2) is 5.78 Å². The second kappa shape index (κ2) is 10.5. The third-order valence-corrected chi connectivity index (χ3v) is 3.94. The summed E-state index contributed by atoms with van der Waals surface area (Å²) in [6.45, 7) is 0.355. The molecule has 0 aliphatic carbocycles. The molecule has 0 bridgehead atoms. The molecule has 0 atom stereocenters. The summed E-state index contributed by atoms with van der Waals surface area (Å²) < 4.78 is 5.56. The lowest BCUT2D eigenvalue weighted by atomic mass is 10.0. The maximum Gasteiger partial charge on any atom is 0.240 e. The fourth-order valence-electron chi connectivity index (χ4n) is 2.46. The molecule has 2 N–H and O–H groups in total. The number of hydrogen-bond acceptors (Lipinski definition) is 6. The molecule has 1 amide bonds. The number of benzene rings is 2. The molecule has 0 saturated heterocycles. The van der Waals surface area contributed by atoms with Crippen molar-refractivity contribution in [2.45, 2.75) is 25.7 Å². The topological polar surface area (TPSA) is 116 Å². The molecule has 0 heterocycles. The van der Waals surface area contributed by atoms with Crippen molar-refractivity contribution in [3.63, 3.8) is 0 Å². The lowest BCUT2D eigenvalue weighted by Gasteiger charge is -2.07. The molecule has 7 heteroatoms. The van der Waals surface area contributed by atoms with E-state index in [9.17, 15) is 19.2 Å². The third-order valence-electron chi connectivity index (χ3n) is 3.94. The van der Waals surface area contributed by atoms with Gasteiger partial charge >= 0.3 is 0 Å². The van der Waals surface area contributed by atoms with E-state index < -0.39 is 5.91 Å². The molecule has 0 fully saturated rings. The fourth-order valence-corrected chi connectivity index (χ4v) is 2.46. The summed E-state index contributed by atoms with van der Waals surface area (Å²) in [6, 6.07) is 13.0. The highest BCUT2D eigenvalue weighted by Gasteiger charge is 2.09. The molecular weight excluding hydrogens is 360 g/mol. The summed E-state index contributed by atoms with van der Waals surface area (Å²) in [6.07, 6.45) is 2.54. The second-order valence-electron chi connectivity index (χ2n) is 6.06. The quantitative estimate of drug-likeness (QED) is 0.278. The fraction of sp³-hybridized carbons (Fsp3) is 0.238. The Hall–Kier alpha value is -3.57. The summed E-state index contributed by atoms with van der Waals surface area (Å²) in [4.78, 5) is 48.3. The molecule has 0 aromatic heterocycles. The van der Waals surface area contributed by atoms with Crippen LogP contribution in [-0.4, -0.2) is 30.2 Å². The first-order valence-electron chi connectivity index (χ1n) is 8.75. The van der Waals surface area contributed by atoms with Crippen LogP contribution in [0.2, 0.25) is 0 Å². The summed E-state index contributed by atoms with van der Waals surface area (Å²) in [5.74, 6) is -0.0668. The first-order chi connectivity index (χ1) is 13.5. The van der Waals surface area contributed by atoms with Gasteiger partial charge in [-0.3, -0.25) is 14.4 Å². The molecule has 7 nitrogen and oxygen atoms in total. The molecule has 0 aliphatic rings. The van der Waals surface area contributed by atoms with Gasteiger partial charge in [0.1, 0.15) is 11.5 Å². The Kier molecular flexibility index (Phi) is 7.81. The zero-order valence-electron chi connectivity index (χ0n) is 15.2. The van der Waals surface area contributed by atoms with Crippen LogP contribution in [0.1, 0.15) is 41.6 Å². The highest BCUT2D eigenvalue weighted by Crippen LogP contribution is 2.18. The number of isocyanates is 1. The predicted molar refractivity (Wildman–Crippen MR) is 102 cm³/mol. The van der Waals surface area contributed by atoms with E-state index in [1.165, 1.54) is 6.08 Å². The van der Waals surface area contributed by atoms with Crippen LogP contribution in [0.4, 0.5) is 5.69 Å². The lowest BCUT2D eigenvalue weighted by Crippen LogP contribution is -2.13. The van der Waals surface area contributed by atoms with Crippen LogP contribution < -0.4 is 10.5 Å². The average molecular weight is 380 g/mol. The van der Waals surface area contributed by atoms with E-state index in [4.69, 9.17) is 10.5 Å². The van der Waals surface area contributed by atoms with Crippen LogP contribution >= 0.6 is 0 Å². The number of ketones is 2. The molecule has 2 aromatic carbocycles. The highest BCUT2D eigenvalue weighted by atomic mass is 16.5. The molecule has 0 unspecified atom stereocenters. The highest BCUT2D eigenvalue weighted by molar-refractivity contribution is 6.09. The molecule has 28 heavy (non-hydrogen) atoms. The Morgan fingerprint density at radius 1 is 0.893 bits per heavy atom. The molecule has 0 saturated carbocycles. The minimum Gasteiger partial charge on any atom is -0.494 e. The molecule has 0 spiro atoms. The minimum atomic E-state index is -0.482. The molecule has 0 radical (unpaired) electrons. The average Bonchev–Trinajstić information content (AvgIpc) is 2.70. The normalized spacial score (nSPS) is 10.0. The summed E-state index contributed by atoms with van der Waals surface area (Å²) in [7, 11) is 0. The van der Waals surface area contributed by atoms with Crippen molar-refractivity contribution in [3.8, 4) is 5.75 Å². The van der Waals surface area contributed by atoms with Gasteiger partial charge in [-0.1, -0.05) is 0 Å². The van der Waals surface area contributed by atoms with Crippen LogP contribution in [0.25, 0.3) is 0 Å². The maximum absolute atomic E-state index is 12.5. The Labute approximate surface area is 162 Å². The number of ether oxygens (including phenoxy) is 1. The smallest absolute Gasteiger partial charge is 0.240 e. The first-order valence-corrected chi connectivity index (χ1v) is 8.75. The number of amides is 1. The van der Waals surface area contributed by atoms with Crippen molar-refractivity contribution >= 4 is 29.2 Å². The van der Waals surface area contributed by atoms with Crippen molar-refractivity contribution in [3.05, 3.63) is 59.7 Å². The first kappa shape index (κ1) is 20.7. The largest absolute Gasteiger partial charge is 0.494 e. The van der Waals surface area contributed by atoms with E-state index in [-0.39, 0.29) is 24.4 Å². The number of carbonyl (C=O) groups is 3. The van der Waals surface area contributed by atoms with Crippen LogP contribution in [0.15, 0.2) is 53.5 Å². The van der Waals surface area contributed by atoms with Gasteiger partial charge in [0.25, 0.3) is 0 Å². The summed E-state index contributed by atoms with van der Waals surface area (Å²) >= 11 is 0. The minimum absolute atomic E-state index is 0.0202. The molecule has 2 rings (SSSR count). The Morgan fingerprint density at radius 2 is 1.50 bits per heavy atom. The number of hydrogen-bond donors (Lipinski definition) is 1. The van der Waals surface area contributed by atoms with Crippen molar-refractivity contribution in [2.24, 2.45) is 10.7 Å². The van der Waals surface area contributed by atoms with Gasteiger partial charge in [0.2, 0.25) is 12.0 Å². The molecule has 144 valence electrons. The Bertz CT molecular complexity index is 882. The van der Waals surface area contributed by atoms with Gasteiger partial charge in [-0.2, -0.15) is 4.99 Å². The van der Waals surface area contributed by atoms with Crippen LogP contribution in [-0.2, 0) is 14.4 Å². The van der Waals surface area contributed by atoms with Gasteiger partial charge in [0, 0.05) is 30.4 Å². The van der Waals surface area contributed by atoms with Gasteiger partial charge in [0.05, 0.1) is 12.3 Å². The van der Waals surface area contributed by atoms with E-state index >= 15 is 0 Å². The number of Topliss-reactive ketones (excluding diaryl/α,β-unsaturated/α-hetero) is 1. The van der Waals surface area contributed by atoms with Crippen LogP contribution in [0.3, 0.4) is 0 Å². The SMILES string of the molecule is NC(=O)CCC(=O)CCCOc1ccc(C(=O)c2ccc(N=C=O)cc2)cc1. The monoisotopic (exact) mass is 380 g/mol. The summed E-state index contributed by atoms with van der Waals surface area (Å²) in [5.41, 5.74) is 6.42. The van der Waals surface area contributed by atoms with Crippen LogP contribution in [0, 0.1) is 0 Å². The Morgan fingerprint density at radius 3 is 2.07 bits per heavy atom. The number of nitrogens with two attached hydrogens (primary N) is 1. The van der Waals surface area contributed by atoms with Gasteiger partial charge in [-0.25, -0.2) is 4.79 Å². The van der Waals surface area contributed by atoms with Gasteiger partial charge < -0.3 is 10.5 Å². The van der Waals surface area contributed by atoms with E-state index in [1.807, 2.05) is 0 Å².